The number of hydrogen-bond acceptors (Lipinski definition) is 0. The highest BCUT2D eigenvalue weighted by Crippen LogP contribution is 2.17. The van der Waals surface area contributed by atoms with E-state index in [1.165, 1.54) is 64.2 Å². The second-order valence-corrected chi connectivity index (χ2v) is 4.68. The largest absolute Gasteiger partial charge is 0.0991 e. The Morgan fingerprint density at radius 1 is 0.812 bits per heavy atom. The average Bonchev–Trinajstić information content (AvgIpc) is 2.30. The Morgan fingerprint density at radius 2 is 1.31 bits per heavy atom. The third-order valence-corrected chi connectivity index (χ3v) is 3.06. The highest BCUT2D eigenvalue weighted by atomic mass is 14.0. The van der Waals surface area contributed by atoms with Crippen molar-refractivity contribution in [3.63, 3.8) is 0 Å². The quantitative estimate of drug-likeness (QED) is 0.295. The van der Waals surface area contributed by atoms with Crippen molar-refractivity contribution in [1.29, 1.82) is 0 Å². The van der Waals surface area contributed by atoms with Gasteiger partial charge in [0.15, 0.2) is 0 Å². The number of hydrogen-bond donors (Lipinski definition) is 0. The Labute approximate surface area is 103 Å². The first-order valence-electron chi connectivity index (χ1n) is 7.15. The summed E-state index contributed by atoms with van der Waals surface area (Å²) in [5.41, 5.74) is 1.61. The number of unbranched alkanes of at least 4 members (excludes halogenated alkanes) is 6. The Kier molecular flexibility index (Phi) is 12.1. The van der Waals surface area contributed by atoms with Crippen LogP contribution in [0.25, 0.3) is 0 Å². The van der Waals surface area contributed by atoms with Crippen LogP contribution >= 0.6 is 0 Å². The normalized spacial score (nSPS) is 10.1. The summed E-state index contributed by atoms with van der Waals surface area (Å²) in [6.07, 6.45) is 17.7. The molecule has 0 fully saturated rings. The zero-order valence-corrected chi connectivity index (χ0v) is 11.4. The van der Waals surface area contributed by atoms with E-state index >= 15 is 0 Å². The summed E-state index contributed by atoms with van der Waals surface area (Å²) in [5.74, 6) is 0. The van der Waals surface area contributed by atoms with Crippen molar-refractivity contribution < 1.29 is 0 Å². The molecule has 0 spiro atoms. The van der Waals surface area contributed by atoms with Gasteiger partial charge < -0.3 is 0 Å². The summed E-state index contributed by atoms with van der Waals surface area (Å²) in [7, 11) is 0. The van der Waals surface area contributed by atoms with Crippen molar-refractivity contribution in [1.82, 2.24) is 0 Å². The second kappa shape index (κ2) is 12.5. The summed E-state index contributed by atoms with van der Waals surface area (Å²) in [5, 5.41) is 0. The van der Waals surface area contributed by atoms with Crippen LogP contribution in [0.1, 0.15) is 78.1 Å². The summed E-state index contributed by atoms with van der Waals surface area (Å²) < 4.78 is 0. The molecule has 16 heavy (non-hydrogen) atoms. The van der Waals surface area contributed by atoms with Gasteiger partial charge in [0, 0.05) is 0 Å². The van der Waals surface area contributed by atoms with Crippen LogP contribution in [0.5, 0.6) is 0 Å². The van der Waals surface area contributed by atoms with Crippen molar-refractivity contribution in [2.45, 2.75) is 78.1 Å². The molecule has 94 valence electrons. The first kappa shape index (κ1) is 15.5. The molecule has 0 aliphatic heterocycles. The lowest BCUT2D eigenvalue weighted by molar-refractivity contribution is 0.624. The highest BCUT2D eigenvalue weighted by Gasteiger charge is 1.97. The van der Waals surface area contributed by atoms with Gasteiger partial charge >= 0.3 is 0 Å². The van der Waals surface area contributed by atoms with Gasteiger partial charge in [0.1, 0.15) is 0 Å². The Balaban J connectivity index is 3.63. The standard InChI is InChI=1S/C16H30/c1-4-7-9-11-14-16(13-6-3)15-12-10-8-5-2/h6,13H,3-5,7-12,14-15H2,1-2H3. The van der Waals surface area contributed by atoms with Crippen LogP contribution in [-0.2, 0) is 0 Å². The molecular formula is C16H30. The van der Waals surface area contributed by atoms with E-state index in [-0.39, 0.29) is 0 Å². The molecule has 0 bridgehead atoms. The van der Waals surface area contributed by atoms with Gasteiger partial charge in [-0.05, 0) is 25.7 Å². The maximum atomic E-state index is 3.81. The lowest BCUT2D eigenvalue weighted by Gasteiger charge is -2.06. The van der Waals surface area contributed by atoms with E-state index in [1.807, 2.05) is 6.08 Å². The highest BCUT2D eigenvalue weighted by molar-refractivity contribution is 5.10. The molecule has 0 heterocycles. The van der Waals surface area contributed by atoms with E-state index in [4.69, 9.17) is 0 Å². The molecule has 0 aliphatic carbocycles. The van der Waals surface area contributed by atoms with Gasteiger partial charge in [-0.2, -0.15) is 0 Å². The summed E-state index contributed by atoms with van der Waals surface area (Å²) in [6.45, 7) is 8.35. The molecule has 0 radical (unpaired) electrons. The minimum absolute atomic E-state index is 1.29. The Bertz CT molecular complexity index is 162. The predicted octanol–water partition coefficient (Wildman–Crippen LogP) is 6.04. The van der Waals surface area contributed by atoms with Crippen molar-refractivity contribution in [2.75, 3.05) is 0 Å². The lowest BCUT2D eigenvalue weighted by Crippen LogP contribution is -1.86. The molecule has 0 N–H and O–H groups in total. The van der Waals surface area contributed by atoms with E-state index in [0.29, 0.717) is 0 Å². The van der Waals surface area contributed by atoms with Crippen LogP contribution in [0.2, 0.25) is 0 Å². The monoisotopic (exact) mass is 222 g/mol. The zero-order chi connectivity index (χ0) is 12.1. The van der Waals surface area contributed by atoms with Crippen molar-refractivity contribution in [3.05, 3.63) is 24.3 Å². The second-order valence-electron chi connectivity index (χ2n) is 4.68. The van der Waals surface area contributed by atoms with Crippen LogP contribution in [0, 0.1) is 0 Å². The minimum Gasteiger partial charge on any atom is -0.0991 e. The van der Waals surface area contributed by atoms with Gasteiger partial charge in [-0.25, -0.2) is 0 Å². The molecule has 0 aromatic rings. The fraction of sp³-hybridized carbons (Fsp3) is 0.750. The molecular weight excluding hydrogens is 192 g/mol. The van der Waals surface area contributed by atoms with Crippen LogP contribution < -0.4 is 0 Å². The van der Waals surface area contributed by atoms with Gasteiger partial charge in [-0.15, -0.1) is 0 Å². The van der Waals surface area contributed by atoms with E-state index < -0.39 is 0 Å². The third kappa shape index (κ3) is 10.0. The van der Waals surface area contributed by atoms with Crippen LogP contribution in [0.15, 0.2) is 24.3 Å². The maximum absolute atomic E-state index is 3.81. The summed E-state index contributed by atoms with van der Waals surface area (Å²) >= 11 is 0. The minimum atomic E-state index is 1.29. The first-order valence-corrected chi connectivity index (χ1v) is 7.15. The number of rotatable bonds is 11. The van der Waals surface area contributed by atoms with Crippen molar-refractivity contribution >= 4 is 0 Å². The zero-order valence-electron chi connectivity index (χ0n) is 11.4. The van der Waals surface area contributed by atoms with Gasteiger partial charge in [-0.1, -0.05) is 76.7 Å². The molecule has 0 aromatic carbocycles. The van der Waals surface area contributed by atoms with Crippen molar-refractivity contribution in [3.8, 4) is 0 Å². The van der Waals surface area contributed by atoms with Gasteiger partial charge in [-0.3, -0.25) is 0 Å². The molecule has 0 amide bonds. The van der Waals surface area contributed by atoms with Gasteiger partial charge in [0.25, 0.3) is 0 Å². The van der Waals surface area contributed by atoms with Crippen LogP contribution in [0.3, 0.4) is 0 Å². The first-order chi connectivity index (χ1) is 7.85. The van der Waals surface area contributed by atoms with E-state index in [2.05, 4.69) is 26.5 Å². The number of allylic oxidation sites excluding steroid dienone is 3. The molecule has 0 saturated heterocycles. The van der Waals surface area contributed by atoms with E-state index in [0.717, 1.165) is 0 Å². The fourth-order valence-electron chi connectivity index (χ4n) is 2.02. The Hall–Kier alpha value is -0.520. The molecule has 0 rings (SSSR count). The molecule has 0 aliphatic rings. The van der Waals surface area contributed by atoms with Crippen LogP contribution in [-0.4, -0.2) is 0 Å². The summed E-state index contributed by atoms with van der Waals surface area (Å²) in [6, 6.07) is 0. The maximum Gasteiger partial charge on any atom is -0.0317 e. The van der Waals surface area contributed by atoms with Gasteiger partial charge in [0.05, 0.1) is 0 Å². The lowest BCUT2D eigenvalue weighted by atomic mass is 10.00. The molecule has 0 aromatic heterocycles. The molecule has 0 saturated carbocycles. The predicted molar refractivity (Wildman–Crippen MR) is 75.8 cm³/mol. The fourth-order valence-corrected chi connectivity index (χ4v) is 2.02. The average molecular weight is 222 g/mol. The molecule has 0 unspecified atom stereocenters. The molecule has 0 heteroatoms. The molecule has 0 nitrogen and oxygen atoms in total. The third-order valence-electron chi connectivity index (χ3n) is 3.06. The van der Waals surface area contributed by atoms with Gasteiger partial charge in [0.2, 0.25) is 0 Å². The summed E-state index contributed by atoms with van der Waals surface area (Å²) in [4.78, 5) is 0. The molecule has 0 atom stereocenters. The smallest absolute Gasteiger partial charge is 0.0317 e. The Morgan fingerprint density at radius 3 is 1.69 bits per heavy atom. The van der Waals surface area contributed by atoms with Crippen LogP contribution in [0.4, 0.5) is 0 Å². The van der Waals surface area contributed by atoms with Crippen molar-refractivity contribution in [2.24, 2.45) is 0 Å². The van der Waals surface area contributed by atoms with E-state index in [1.54, 1.807) is 5.57 Å². The topological polar surface area (TPSA) is 0 Å². The SMILES string of the molecule is C=CC=C(CCCCCC)CCCCCC. The van der Waals surface area contributed by atoms with E-state index in [9.17, 15) is 0 Å².